The van der Waals surface area contributed by atoms with Crippen LogP contribution >= 0.6 is 351 Å². The monoisotopic (exact) mass is 2180 g/mol. The van der Waals surface area contributed by atoms with E-state index >= 15 is 0 Å². The minimum atomic E-state index is 0.770. The van der Waals surface area contributed by atoms with E-state index in [0.717, 1.165) is 171 Å². The second kappa shape index (κ2) is 88.1. The topological polar surface area (TPSA) is 0 Å². The lowest BCUT2D eigenvalue weighted by Crippen LogP contribution is -2.03. The van der Waals surface area contributed by atoms with Gasteiger partial charge in [-0.25, -0.2) is 0 Å². The van der Waals surface area contributed by atoms with Gasteiger partial charge in [-0.1, -0.05) is 283 Å². The highest BCUT2D eigenvalue weighted by atomic mass is 33.5. The summed E-state index contributed by atoms with van der Waals surface area (Å²) in [6.45, 7) is 2.02. The van der Waals surface area contributed by atoms with Crippen molar-refractivity contribution in [2.75, 3.05) is 72.1 Å². The molecule has 2 fully saturated rings. The molecular weight excluding hydrogens is 2060 g/mol. The Morgan fingerprint density at radius 1 is 0.228 bits per heavy atom. The van der Waals surface area contributed by atoms with Crippen molar-refractivity contribution in [1.82, 2.24) is 0 Å². The maximum absolute atomic E-state index is 4.32. The lowest BCUT2D eigenvalue weighted by molar-refractivity contribution is 0.999. The molecule has 0 nitrogen and oxygen atoms in total. The van der Waals surface area contributed by atoms with E-state index in [1.54, 1.807) is 31.4 Å². The van der Waals surface area contributed by atoms with Crippen molar-refractivity contribution in [2.45, 2.75) is 126 Å². The molecule has 10 aromatic carbocycles. The highest BCUT2D eigenvalue weighted by molar-refractivity contribution is 9.11. The summed E-state index contributed by atoms with van der Waals surface area (Å²) >= 11 is 89.2. The number of aryl methyl sites for hydroxylation is 9. The Kier molecular flexibility index (Phi) is 88.2. The Labute approximate surface area is 890 Å². The van der Waals surface area contributed by atoms with Gasteiger partial charge in [-0.15, -0.1) is 48.8 Å². The molecule has 123 heavy (non-hydrogen) atoms. The van der Waals surface area contributed by atoms with Crippen molar-refractivity contribution in [3.8, 4) is 0 Å². The molecular formula is C94H126S29. The molecule has 0 amide bonds. The predicted molar refractivity (Wildman–Crippen MR) is 653 cm³/mol. The van der Waals surface area contributed by atoms with Gasteiger partial charge in [0.25, 0.3) is 0 Å². The van der Waals surface area contributed by atoms with E-state index in [1.165, 1.54) is 126 Å². The maximum Gasteiger partial charge on any atom is 0.0505 e. The van der Waals surface area contributed by atoms with E-state index in [-0.39, 0.29) is 0 Å². The minimum Gasteiger partial charge on any atom is -0.179 e. The molecule has 13 rings (SSSR count). The van der Waals surface area contributed by atoms with E-state index in [1.807, 2.05) is 207 Å². The summed E-state index contributed by atoms with van der Waals surface area (Å²) in [7, 11) is 13.2. The Hall–Kier alpha value is 2.09. The Morgan fingerprint density at radius 3 is 0.829 bits per heavy atom. The first-order valence-electron chi connectivity index (χ1n) is 39.5. The first kappa shape index (κ1) is 123. The summed E-state index contributed by atoms with van der Waals surface area (Å²) in [5.41, 5.74) is 25.2. The molecule has 0 atom stereocenters. The van der Waals surface area contributed by atoms with Crippen molar-refractivity contribution in [3.63, 3.8) is 0 Å². The van der Waals surface area contributed by atoms with Crippen LogP contribution in [0.15, 0.2) is 257 Å². The summed E-state index contributed by atoms with van der Waals surface area (Å²) in [6, 6.07) is 80.9. The zero-order valence-electron chi connectivity index (χ0n) is 69.7. The molecule has 0 aromatic heterocycles. The van der Waals surface area contributed by atoms with Crippen LogP contribution in [0.1, 0.15) is 106 Å². The quantitative estimate of drug-likeness (QED) is 0.0178. The van der Waals surface area contributed by atoms with E-state index < -0.39 is 0 Å². The molecule has 2 saturated heterocycles. The molecule has 0 N–H and O–H groups in total. The van der Waals surface area contributed by atoms with Crippen LogP contribution in [0, 0.1) is 6.92 Å². The van der Waals surface area contributed by atoms with Crippen LogP contribution in [-0.2, 0) is 110 Å². The average molecular weight is 2190 g/mol. The molecule has 3 aliphatic heterocycles. The normalized spacial score (nSPS) is 11.6. The van der Waals surface area contributed by atoms with Gasteiger partial charge < -0.3 is 0 Å². The van der Waals surface area contributed by atoms with Gasteiger partial charge in [0.15, 0.2) is 0 Å². The summed E-state index contributed by atoms with van der Waals surface area (Å²) in [5.74, 6) is 15.2. The first-order chi connectivity index (χ1) is 60.1. The number of hydrogen-bond donors (Lipinski definition) is 20. The molecule has 0 bridgehead atoms. The lowest BCUT2D eigenvalue weighted by Gasteiger charge is -2.13. The molecule has 3 aliphatic rings. The third-order valence-corrected chi connectivity index (χ3v) is 35.0. The van der Waals surface area contributed by atoms with E-state index in [0.29, 0.717) is 0 Å². The average Bonchev–Trinajstić information content (AvgIpc) is 1.07. The van der Waals surface area contributed by atoms with Crippen LogP contribution in [0.5, 0.6) is 0 Å². The first-order valence-corrected chi connectivity index (χ1v) is 62.6. The van der Waals surface area contributed by atoms with Crippen molar-refractivity contribution < 1.29 is 0 Å². The third-order valence-electron chi connectivity index (χ3n) is 16.7. The fourth-order valence-electron chi connectivity index (χ4n) is 10.8. The molecule has 676 valence electrons. The Balaban J connectivity index is 0.000000677. The van der Waals surface area contributed by atoms with Crippen LogP contribution in [-0.4, -0.2) is 72.1 Å². The molecule has 10 aromatic rings. The molecule has 0 unspecified atom stereocenters. The van der Waals surface area contributed by atoms with Crippen molar-refractivity contribution in [2.24, 2.45) is 0 Å². The number of thiol groups is 20. The van der Waals surface area contributed by atoms with Gasteiger partial charge in [-0.05, 0) is 261 Å². The molecule has 29 heteroatoms. The summed E-state index contributed by atoms with van der Waals surface area (Å²) in [4.78, 5) is 2.01. The van der Waals surface area contributed by atoms with Gasteiger partial charge in [-0.3, -0.25) is 0 Å². The smallest absolute Gasteiger partial charge is 0.0505 e. The number of rotatable bonds is 27. The van der Waals surface area contributed by atoms with Crippen molar-refractivity contribution >= 4 is 351 Å². The second-order valence-corrected chi connectivity index (χ2v) is 45.7. The van der Waals surface area contributed by atoms with E-state index in [4.69, 9.17) is 0 Å². The van der Waals surface area contributed by atoms with Crippen LogP contribution < -0.4 is 0 Å². The van der Waals surface area contributed by atoms with Gasteiger partial charge in [0.1, 0.15) is 0 Å². The number of thioether (sulfide) groups is 2. The van der Waals surface area contributed by atoms with E-state index in [2.05, 4.69) is 367 Å². The van der Waals surface area contributed by atoms with Crippen molar-refractivity contribution in [1.29, 1.82) is 0 Å². The second-order valence-electron chi connectivity index (χ2n) is 25.6. The summed E-state index contributed by atoms with van der Waals surface area (Å²) in [6.07, 6.45) is 9.43. The van der Waals surface area contributed by atoms with Gasteiger partial charge in [0, 0.05) is 61.6 Å². The fourth-order valence-corrected chi connectivity index (χ4v) is 27.6. The number of hydrogen-bond acceptors (Lipinski definition) is 29. The minimum absolute atomic E-state index is 0.770. The van der Waals surface area contributed by atoms with Crippen LogP contribution in [0.3, 0.4) is 0 Å². The molecule has 0 radical (unpaired) electrons. The highest BCUT2D eigenvalue weighted by Crippen LogP contribution is 2.43. The standard InChI is InChI=1S/3C12H18S3.3C9H12S3.C7H8S2.3C6H6.2C2H4S3.C2H2S3/c13-4-1-10-7-11(2-5-14)9-12(8-10)3-6-15;13-6-3-10-1-2-11(4-7-14)12(9-10)5-8-15;13-7-4-10-2-1-3-11(5-8-14)12(10)6-9-15;10-4-7-1-8(5-11)3-9(2-7)6-12;10-4-7-1-2-8(5-11)9(3-7)6-12;10-4-7-2-1-3-8(5-11)9(7)6-12;1-5-4-6(8)2-3-7(5)9;3*1-2-4-6-5-3-1;2*1-3-2-5-4-1;1-2-4-5-3-1/h7-9,13-15H,1-6H2;1-2,9,13-15H,3-8H2;1-3,13-15H,4-9H2;3*1-3,10-12H,4-6H2;2-4,8-9H,1H3;3*1-6H;2*1-2H2;1-2H. The number of benzene rings is 10. The SMILES string of the molecule is C1=CSSS1.C1SCSS1.C1SCSS1.Cc1cc(S)ccc1S.SCCc1cc(CCS)cc(CCS)c1.SCCc1ccc(CCS)c(CCS)c1.SCCc1cccc(CCS)c1CCS.SCc1cc(CS)cc(CS)c1.SCc1ccc(CS)c(CS)c1.SCc1cccc(CS)c1CS.c1ccccc1.c1ccccc1.c1ccccc1. The van der Waals surface area contributed by atoms with Crippen LogP contribution in [0.2, 0.25) is 0 Å². The Morgan fingerprint density at radius 2 is 0.537 bits per heavy atom. The Bertz CT molecular complexity index is 3800. The summed E-state index contributed by atoms with van der Waals surface area (Å²) < 4.78 is 0. The zero-order chi connectivity index (χ0) is 90.4. The highest BCUT2D eigenvalue weighted by Gasteiger charge is 2.10. The molecule has 3 heterocycles. The third kappa shape index (κ3) is 63.2. The molecule has 0 saturated carbocycles. The van der Waals surface area contributed by atoms with Gasteiger partial charge in [0.05, 0.1) is 20.3 Å². The van der Waals surface area contributed by atoms with Gasteiger partial charge in [-0.2, -0.15) is 227 Å². The lowest BCUT2D eigenvalue weighted by atomic mass is 9.96. The maximum atomic E-state index is 4.32. The molecule has 0 aliphatic carbocycles. The zero-order valence-corrected chi connectivity index (χ0v) is 94.9. The van der Waals surface area contributed by atoms with Gasteiger partial charge >= 0.3 is 0 Å². The van der Waals surface area contributed by atoms with Crippen molar-refractivity contribution in [3.05, 3.63) is 353 Å². The van der Waals surface area contributed by atoms with Gasteiger partial charge in [0.2, 0.25) is 0 Å². The predicted octanol–water partition coefficient (Wildman–Crippen LogP) is 32.4. The van der Waals surface area contributed by atoms with Crippen LogP contribution in [0.4, 0.5) is 0 Å². The summed E-state index contributed by atoms with van der Waals surface area (Å²) in [5, 5.41) is 9.34. The van der Waals surface area contributed by atoms with Crippen LogP contribution in [0.25, 0.3) is 0 Å². The van der Waals surface area contributed by atoms with E-state index in [9.17, 15) is 0 Å². The fraction of sp³-hybridized carbons (Fsp3) is 0.340. The largest absolute Gasteiger partial charge is 0.179 e. The molecule has 0 spiro atoms.